The van der Waals surface area contributed by atoms with E-state index in [2.05, 4.69) is 15.4 Å². The van der Waals surface area contributed by atoms with Crippen LogP contribution in [0.4, 0.5) is 0 Å². The summed E-state index contributed by atoms with van der Waals surface area (Å²) in [5, 5.41) is 9.86. The van der Waals surface area contributed by atoms with Crippen molar-refractivity contribution in [3.05, 3.63) is 40.5 Å². The minimum absolute atomic E-state index is 0.331. The van der Waals surface area contributed by atoms with Crippen LogP contribution in [0.5, 0.6) is 0 Å². The molecule has 0 amide bonds. The molecule has 0 saturated heterocycles. The number of nitrogens with one attached hydrogen (secondary N) is 1. The number of hydrogen-bond acceptors (Lipinski definition) is 3. The van der Waals surface area contributed by atoms with E-state index in [9.17, 15) is 4.57 Å². The van der Waals surface area contributed by atoms with Crippen molar-refractivity contribution in [2.75, 3.05) is 0 Å². The largest absolute Gasteiger partial charge is 0.377 e. The van der Waals surface area contributed by atoms with Crippen LogP contribution < -0.4 is 5.44 Å². The molecule has 0 saturated carbocycles. The van der Waals surface area contributed by atoms with Crippen LogP contribution in [0.1, 0.15) is 0 Å². The van der Waals surface area contributed by atoms with Crippen LogP contribution in [0.2, 0.25) is 10.0 Å². The molecule has 0 aliphatic carbocycles. The lowest BCUT2D eigenvalue weighted by molar-refractivity contribution is 0.386. The zero-order valence-corrected chi connectivity index (χ0v) is 10.7. The van der Waals surface area contributed by atoms with Gasteiger partial charge in [0.25, 0.3) is 0 Å². The molecule has 0 bridgehead atoms. The smallest absolute Gasteiger partial charge is 0.320 e. The van der Waals surface area contributed by atoms with E-state index in [1.807, 2.05) is 0 Å². The summed E-state index contributed by atoms with van der Waals surface area (Å²) >= 11 is 11.1. The number of nitrogens with zero attached hydrogens (tertiary/aromatic N) is 2. The topological polar surface area (TPSA) is 99.1 Å². The van der Waals surface area contributed by atoms with Gasteiger partial charge in [0.2, 0.25) is 0 Å². The van der Waals surface area contributed by atoms with E-state index in [4.69, 9.17) is 33.0 Å². The van der Waals surface area contributed by atoms with Crippen LogP contribution in [-0.2, 0) is 4.57 Å². The summed E-state index contributed by atoms with van der Waals surface area (Å²) in [6, 6.07) is 7.02. The number of aromatic amines is 1. The summed E-state index contributed by atoms with van der Waals surface area (Å²) < 4.78 is 10.3. The number of halogens is 2. The summed E-state index contributed by atoms with van der Waals surface area (Å²) in [6.07, 6.45) is 1.06. The zero-order valence-electron chi connectivity index (χ0n) is 8.29. The number of rotatable bonds is 1. The van der Waals surface area contributed by atoms with E-state index in [1.165, 1.54) is 0 Å². The predicted molar refractivity (Wildman–Crippen MR) is 64.5 cm³/mol. The second kappa shape index (κ2) is 6.14. The lowest BCUT2D eigenvalue weighted by Crippen LogP contribution is -2.03. The Bertz CT molecular complexity index is 476. The van der Waals surface area contributed by atoms with Gasteiger partial charge in [-0.1, -0.05) is 28.4 Å². The van der Waals surface area contributed by atoms with E-state index >= 15 is 0 Å². The lowest BCUT2D eigenvalue weighted by Gasteiger charge is -1.93. The summed E-state index contributed by atoms with van der Waals surface area (Å²) in [5.41, 5.74) is -0.331. The highest BCUT2D eigenvalue weighted by Crippen LogP contribution is 2.30. The van der Waals surface area contributed by atoms with Crippen LogP contribution in [0, 0.1) is 0 Å². The number of benzene rings is 1. The Labute approximate surface area is 107 Å². The van der Waals surface area contributed by atoms with Gasteiger partial charge in [0.1, 0.15) is 0 Å². The minimum Gasteiger partial charge on any atom is -0.320 e. The second-order valence-corrected chi connectivity index (χ2v) is 5.23. The molecule has 9 heteroatoms. The molecule has 17 heavy (non-hydrogen) atoms. The maximum absolute atomic E-state index is 10.3. The SMILES string of the molecule is Clc1ccc(Cl)cc1.O=P(O)(O)c1c[nH]nn1. The Balaban J connectivity index is 0.000000171. The van der Waals surface area contributed by atoms with Crippen molar-refractivity contribution in [3.63, 3.8) is 0 Å². The van der Waals surface area contributed by atoms with Crippen molar-refractivity contribution in [2.45, 2.75) is 0 Å². The number of H-pyrrole nitrogens is 1. The Morgan fingerprint density at radius 1 is 1.12 bits per heavy atom. The molecule has 0 unspecified atom stereocenters. The zero-order chi connectivity index (χ0) is 12.9. The van der Waals surface area contributed by atoms with E-state index in [1.54, 1.807) is 24.3 Å². The van der Waals surface area contributed by atoms with Gasteiger partial charge in [0.15, 0.2) is 5.44 Å². The normalized spacial score (nSPS) is 10.6. The summed E-state index contributed by atoms with van der Waals surface area (Å²) in [4.78, 5) is 16.7. The van der Waals surface area contributed by atoms with E-state index in [-0.39, 0.29) is 5.44 Å². The maximum Gasteiger partial charge on any atom is 0.377 e. The molecule has 1 heterocycles. The van der Waals surface area contributed by atoms with E-state index in [0.717, 1.165) is 16.2 Å². The molecule has 0 radical (unpaired) electrons. The Morgan fingerprint density at radius 2 is 1.59 bits per heavy atom. The number of hydrogen-bond donors (Lipinski definition) is 3. The predicted octanol–water partition coefficient (Wildman–Crippen LogP) is 1.60. The molecule has 2 rings (SSSR count). The summed E-state index contributed by atoms with van der Waals surface area (Å²) in [5.74, 6) is 0. The molecule has 0 spiro atoms. The number of aromatic nitrogens is 3. The molecule has 1 aromatic heterocycles. The fourth-order valence-electron chi connectivity index (χ4n) is 0.767. The van der Waals surface area contributed by atoms with Gasteiger partial charge in [-0.2, -0.15) is 0 Å². The molecule has 0 aliphatic heterocycles. The molecule has 92 valence electrons. The van der Waals surface area contributed by atoms with Crippen molar-refractivity contribution >= 4 is 36.2 Å². The molecule has 1 aromatic carbocycles. The standard InChI is InChI=1S/C6H4Cl2.C2H4N3O3P/c7-5-1-2-6(8)4-3-5;6-9(7,8)2-1-3-5-4-2/h1-4H;1H,(H,3,4,5)(H2,6,7,8). The second-order valence-electron chi connectivity index (χ2n) is 2.81. The van der Waals surface area contributed by atoms with Crippen LogP contribution in [0.25, 0.3) is 0 Å². The first kappa shape index (κ1) is 14.2. The van der Waals surface area contributed by atoms with Gasteiger partial charge < -0.3 is 9.79 Å². The molecule has 0 fully saturated rings. The average molecular weight is 296 g/mol. The third-order valence-corrected chi connectivity index (χ3v) is 2.83. The quantitative estimate of drug-likeness (QED) is 0.694. The van der Waals surface area contributed by atoms with Gasteiger partial charge in [-0.3, -0.25) is 9.66 Å². The van der Waals surface area contributed by atoms with Crippen molar-refractivity contribution in [1.29, 1.82) is 0 Å². The molecule has 6 nitrogen and oxygen atoms in total. The lowest BCUT2D eigenvalue weighted by atomic mass is 10.4. The van der Waals surface area contributed by atoms with E-state index < -0.39 is 7.60 Å². The third-order valence-electron chi connectivity index (χ3n) is 1.51. The van der Waals surface area contributed by atoms with Gasteiger partial charge in [-0.05, 0) is 24.3 Å². The molecule has 0 aliphatic rings. The van der Waals surface area contributed by atoms with Gasteiger partial charge in [0.05, 0.1) is 6.20 Å². The van der Waals surface area contributed by atoms with Crippen molar-refractivity contribution < 1.29 is 14.4 Å². The van der Waals surface area contributed by atoms with Crippen LogP contribution >= 0.6 is 30.8 Å². The Kier molecular flexibility index (Phi) is 5.11. The Hall–Kier alpha value is -0.910. The van der Waals surface area contributed by atoms with Gasteiger partial charge in [-0.15, -0.1) is 5.10 Å². The summed E-state index contributed by atoms with van der Waals surface area (Å²) in [7, 11) is -4.18. The molecule has 3 N–H and O–H groups in total. The van der Waals surface area contributed by atoms with Crippen molar-refractivity contribution in [1.82, 2.24) is 15.4 Å². The highest BCUT2D eigenvalue weighted by Gasteiger charge is 2.19. The Morgan fingerprint density at radius 3 is 1.82 bits per heavy atom. The monoisotopic (exact) mass is 295 g/mol. The first-order valence-electron chi connectivity index (χ1n) is 4.23. The molecular formula is C8H8Cl2N3O3P. The average Bonchev–Trinajstić information content (AvgIpc) is 2.76. The van der Waals surface area contributed by atoms with Crippen LogP contribution in [0.15, 0.2) is 30.5 Å². The fourth-order valence-corrected chi connectivity index (χ4v) is 1.41. The molecular weight excluding hydrogens is 288 g/mol. The van der Waals surface area contributed by atoms with Crippen molar-refractivity contribution in [2.24, 2.45) is 0 Å². The molecule has 0 atom stereocenters. The highest BCUT2D eigenvalue weighted by atomic mass is 35.5. The first-order valence-corrected chi connectivity index (χ1v) is 6.60. The van der Waals surface area contributed by atoms with Gasteiger partial charge in [-0.25, -0.2) is 0 Å². The van der Waals surface area contributed by atoms with Gasteiger partial charge >= 0.3 is 7.60 Å². The van der Waals surface area contributed by atoms with E-state index in [0.29, 0.717) is 0 Å². The molecule has 2 aromatic rings. The van der Waals surface area contributed by atoms with Crippen molar-refractivity contribution in [3.8, 4) is 0 Å². The third kappa shape index (κ3) is 5.30. The fraction of sp³-hybridized carbons (Fsp3) is 0. The van der Waals surface area contributed by atoms with Gasteiger partial charge in [0, 0.05) is 10.0 Å². The summed E-state index contributed by atoms with van der Waals surface area (Å²) in [6.45, 7) is 0. The highest BCUT2D eigenvalue weighted by molar-refractivity contribution is 7.59. The van der Waals surface area contributed by atoms with Crippen LogP contribution in [0.3, 0.4) is 0 Å². The first-order chi connectivity index (χ1) is 7.89. The van der Waals surface area contributed by atoms with Crippen LogP contribution in [-0.4, -0.2) is 25.2 Å². The maximum atomic E-state index is 10.3. The minimum atomic E-state index is -4.18.